The van der Waals surface area contributed by atoms with Crippen LogP contribution >= 0.6 is 0 Å². The van der Waals surface area contributed by atoms with Gasteiger partial charge in [-0.05, 0) is 36.0 Å². The summed E-state index contributed by atoms with van der Waals surface area (Å²) >= 11 is 0. The molecule has 0 heterocycles. The Balaban J connectivity index is 2.10. The first-order valence-corrected chi connectivity index (χ1v) is 10.8. The van der Waals surface area contributed by atoms with Crippen molar-refractivity contribution in [3.8, 4) is 0 Å². The molecule has 0 spiro atoms. The molecule has 1 fully saturated rings. The van der Waals surface area contributed by atoms with Gasteiger partial charge < -0.3 is 4.43 Å². The van der Waals surface area contributed by atoms with Crippen LogP contribution in [-0.2, 0) is 9.22 Å². The van der Waals surface area contributed by atoms with Gasteiger partial charge >= 0.3 is 0 Å². The van der Waals surface area contributed by atoms with E-state index in [0.717, 1.165) is 6.42 Å². The molecule has 3 heteroatoms. The minimum absolute atomic E-state index is 0.0948. The average Bonchev–Trinajstić information content (AvgIpc) is 2.37. The topological polar surface area (TPSA) is 26.3 Å². The first-order chi connectivity index (χ1) is 9.69. The van der Waals surface area contributed by atoms with Crippen LogP contribution in [0.5, 0.6) is 0 Å². The van der Waals surface area contributed by atoms with E-state index in [1.807, 2.05) is 6.07 Å². The van der Waals surface area contributed by atoms with Crippen molar-refractivity contribution in [2.45, 2.75) is 70.2 Å². The smallest absolute Gasteiger partial charge is 0.192 e. The fourth-order valence-corrected chi connectivity index (χ4v) is 4.12. The lowest BCUT2D eigenvalue weighted by Crippen LogP contribution is -2.45. The standard InChI is InChI=1S/C18H28O2Si/c1-18(2,3)21(4,5)20-17-12-15(11-16(19)13-17)14-9-7-6-8-10-14/h6-10,15,17H,11-13H2,1-5H3/t15-,17+/m1/s1. The normalized spacial score (nSPS) is 24.1. The Morgan fingerprint density at radius 1 is 1.10 bits per heavy atom. The minimum atomic E-state index is -1.80. The number of carbonyl (C=O) groups excluding carboxylic acids is 1. The lowest BCUT2D eigenvalue weighted by Gasteiger charge is -2.41. The molecular formula is C18H28O2Si. The van der Waals surface area contributed by atoms with Gasteiger partial charge in [-0.1, -0.05) is 51.1 Å². The van der Waals surface area contributed by atoms with Gasteiger partial charge in [0.2, 0.25) is 0 Å². The Morgan fingerprint density at radius 2 is 1.71 bits per heavy atom. The third kappa shape index (κ3) is 4.04. The van der Waals surface area contributed by atoms with Crippen LogP contribution < -0.4 is 0 Å². The van der Waals surface area contributed by atoms with Crippen LogP contribution in [0.15, 0.2) is 30.3 Å². The molecule has 0 aromatic heterocycles. The third-order valence-corrected chi connectivity index (χ3v) is 9.55. The molecule has 1 saturated carbocycles. The second kappa shape index (κ2) is 6.05. The second-order valence-electron chi connectivity index (χ2n) is 7.79. The van der Waals surface area contributed by atoms with Gasteiger partial charge in [0, 0.05) is 12.8 Å². The molecule has 0 N–H and O–H groups in total. The van der Waals surface area contributed by atoms with E-state index in [2.05, 4.69) is 58.1 Å². The fourth-order valence-electron chi connectivity index (χ4n) is 2.76. The van der Waals surface area contributed by atoms with Crippen LogP contribution in [0.3, 0.4) is 0 Å². The zero-order valence-electron chi connectivity index (χ0n) is 14.0. The summed E-state index contributed by atoms with van der Waals surface area (Å²) in [7, 11) is -1.80. The Bertz CT molecular complexity index is 488. The van der Waals surface area contributed by atoms with E-state index in [1.54, 1.807) is 0 Å². The minimum Gasteiger partial charge on any atom is -0.413 e. The predicted molar refractivity (Wildman–Crippen MR) is 90.1 cm³/mol. The van der Waals surface area contributed by atoms with Crippen LogP contribution in [0.2, 0.25) is 18.1 Å². The summed E-state index contributed by atoms with van der Waals surface area (Å²) in [6, 6.07) is 10.4. The zero-order valence-corrected chi connectivity index (χ0v) is 15.0. The van der Waals surface area contributed by atoms with Gasteiger partial charge in [-0.3, -0.25) is 4.79 Å². The van der Waals surface area contributed by atoms with Crippen molar-refractivity contribution in [3.63, 3.8) is 0 Å². The van der Waals surface area contributed by atoms with Crippen molar-refractivity contribution in [3.05, 3.63) is 35.9 Å². The van der Waals surface area contributed by atoms with Gasteiger partial charge in [-0.15, -0.1) is 0 Å². The molecule has 1 aromatic carbocycles. The summed E-state index contributed by atoms with van der Waals surface area (Å²) in [6.07, 6.45) is 2.33. The molecule has 0 aliphatic heterocycles. The predicted octanol–water partition coefficient (Wildman–Crippen LogP) is 4.91. The van der Waals surface area contributed by atoms with Gasteiger partial charge in [-0.25, -0.2) is 0 Å². The quantitative estimate of drug-likeness (QED) is 0.741. The highest BCUT2D eigenvalue weighted by molar-refractivity contribution is 6.74. The van der Waals surface area contributed by atoms with Crippen molar-refractivity contribution in [2.75, 3.05) is 0 Å². The van der Waals surface area contributed by atoms with Gasteiger partial charge in [-0.2, -0.15) is 0 Å². The number of rotatable bonds is 3. The van der Waals surface area contributed by atoms with E-state index in [9.17, 15) is 4.79 Å². The number of Topliss-reactive ketones (excluding diaryl/α,β-unsaturated/α-hetero) is 1. The van der Waals surface area contributed by atoms with E-state index in [1.165, 1.54) is 5.56 Å². The molecule has 2 atom stereocenters. The molecule has 0 bridgehead atoms. The van der Waals surface area contributed by atoms with E-state index < -0.39 is 8.32 Å². The maximum Gasteiger partial charge on any atom is 0.192 e. The lowest BCUT2D eigenvalue weighted by atomic mass is 9.82. The molecule has 0 amide bonds. The molecule has 0 saturated heterocycles. The summed E-state index contributed by atoms with van der Waals surface area (Å²) in [4.78, 5) is 12.1. The Labute approximate surface area is 130 Å². The number of benzene rings is 1. The highest BCUT2D eigenvalue weighted by Gasteiger charge is 2.41. The Kier molecular flexibility index (Phi) is 4.74. The Hall–Kier alpha value is -0.933. The summed E-state index contributed by atoms with van der Waals surface area (Å²) in [5.41, 5.74) is 1.27. The first kappa shape index (κ1) is 16.4. The molecule has 2 nitrogen and oxygen atoms in total. The molecule has 1 aliphatic carbocycles. The molecule has 21 heavy (non-hydrogen) atoms. The molecule has 1 aliphatic rings. The van der Waals surface area contributed by atoms with E-state index >= 15 is 0 Å². The molecule has 1 aromatic rings. The van der Waals surface area contributed by atoms with Crippen molar-refractivity contribution >= 4 is 14.1 Å². The van der Waals surface area contributed by atoms with Crippen molar-refractivity contribution < 1.29 is 9.22 Å². The maximum atomic E-state index is 12.1. The monoisotopic (exact) mass is 304 g/mol. The number of hydrogen-bond acceptors (Lipinski definition) is 2. The summed E-state index contributed by atoms with van der Waals surface area (Å²) in [5.74, 6) is 0.668. The van der Waals surface area contributed by atoms with Gasteiger partial charge in [0.15, 0.2) is 8.32 Å². The highest BCUT2D eigenvalue weighted by atomic mass is 28.4. The van der Waals surface area contributed by atoms with E-state index in [0.29, 0.717) is 24.5 Å². The van der Waals surface area contributed by atoms with E-state index in [4.69, 9.17) is 4.43 Å². The Morgan fingerprint density at radius 3 is 2.29 bits per heavy atom. The van der Waals surface area contributed by atoms with Crippen LogP contribution in [0, 0.1) is 0 Å². The number of hydrogen-bond donors (Lipinski definition) is 0. The van der Waals surface area contributed by atoms with E-state index in [-0.39, 0.29) is 11.1 Å². The SMILES string of the molecule is CC(C)(C)[Si](C)(C)O[C@@H]1CC(=O)C[C@@H](c2ccccc2)C1. The number of ketones is 1. The van der Waals surface area contributed by atoms with Crippen LogP contribution in [-0.4, -0.2) is 20.2 Å². The van der Waals surface area contributed by atoms with Gasteiger partial charge in [0.1, 0.15) is 5.78 Å². The highest BCUT2D eigenvalue weighted by Crippen LogP contribution is 2.40. The van der Waals surface area contributed by atoms with Crippen LogP contribution in [0.1, 0.15) is 51.5 Å². The van der Waals surface area contributed by atoms with Gasteiger partial charge in [0.25, 0.3) is 0 Å². The number of carbonyl (C=O) groups is 1. The average molecular weight is 305 g/mol. The van der Waals surface area contributed by atoms with Crippen LogP contribution in [0.4, 0.5) is 0 Å². The molecular weight excluding hydrogens is 276 g/mol. The summed E-state index contributed by atoms with van der Waals surface area (Å²) < 4.78 is 6.48. The largest absolute Gasteiger partial charge is 0.413 e. The fraction of sp³-hybridized carbons (Fsp3) is 0.611. The van der Waals surface area contributed by atoms with Crippen molar-refractivity contribution in [1.29, 1.82) is 0 Å². The first-order valence-electron chi connectivity index (χ1n) is 7.93. The molecule has 2 rings (SSSR count). The summed E-state index contributed by atoms with van der Waals surface area (Å²) in [5, 5.41) is 0.190. The third-order valence-electron chi connectivity index (χ3n) is 5.02. The maximum absolute atomic E-state index is 12.1. The molecule has 116 valence electrons. The lowest BCUT2D eigenvalue weighted by molar-refractivity contribution is -0.123. The summed E-state index contributed by atoms with van der Waals surface area (Å²) in [6.45, 7) is 11.3. The van der Waals surface area contributed by atoms with Crippen molar-refractivity contribution in [1.82, 2.24) is 0 Å². The van der Waals surface area contributed by atoms with Crippen LogP contribution in [0.25, 0.3) is 0 Å². The van der Waals surface area contributed by atoms with Gasteiger partial charge in [0.05, 0.1) is 6.10 Å². The second-order valence-corrected chi connectivity index (χ2v) is 12.5. The zero-order chi connectivity index (χ0) is 15.7. The van der Waals surface area contributed by atoms with Crippen molar-refractivity contribution in [2.24, 2.45) is 0 Å². The molecule has 0 unspecified atom stereocenters. The molecule has 0 radical (unpaired) electrons.